The summed E-state index contributed by atoms with van der Waals surface area (Å²) in [6.07, 6.45) is 2.09. The minimum Gasteiger partial charge on any atom is -0.298 e. The van der Waals surface area contributed by atoms with Crippen molar-refractivity contribution in [2.24, 2.45) is 0 Å². The van der Waals surface area contributed by atoms with Crippen molar-refractivity contribution in [2.45, 2.75) is 43.2 Å². The number of nitrogens with zero attached hydrogens (tertiary/aromatic N) is 1. The molecular weight excluding hydrogens is 370 g/mol. The van der Waals surface area contributed by atoms with Crippen molar-refractivity contribution in [1.29, 1.82) is 0 Å². The van der Waals surface area contributed by atoms with E-state index in [-0.39, 0.29) is 10.7 Å². The summed E-state index contributed by atoms with van der Waals surface area (Å²) in [4.78, 5) is 13.0. The van der Waals surface area contributed by atoms with Crippen LogP contribution in [0, 0.1) is 0 Å². The monoisotopic (exact) mass is 393 g/mol. The van der Waals surface area contributed by atoms with E-state index >= 15 is 0 Å². The molecule has 1 aliphatic rings. The van der Waals surface area contributed by atoms with Crippen LogP contribution in [0.3, 0.4) is 0 Å². The van der Waals surface area contributed by atoms with Crippen LogP contribution in [-0.2, 0) is 14.8 Å². The molecule has 3 aromatic carbocycles. The van der Waals surface area contributed by atoms with E-state index in [9.17, 15) is 13.2 Å². The van der Waals surface area contributed by atoms with E-state index in [1.54, 1.807) is 30.3 Å². The summed E-state index contributed by atoms with van der Waals surface area (Å²) >= 11 is 0. The highest BCUT2D eigenvalue weighted by atomic mass is 32.2. The van der Waals surface area contributed by atoms with Crippen LogP contribution in [0.25, 0.3) is 10.8 Å². The molecule has 1 saturated heterocycles. The molecule has 0 amide bonds. The Labute approximate surface area is 165 Å². The Bertz CT molecular complexity index is 1110. The number of hydrogen-bond donors (Lipinski definition) is 0. The van der Waals surface area contributed by atoms with Crippen molar-refractivity contribution in [2.75, 3.05) is 0 Å². The van der Waals surface area contributed by atoms with Gasteiger partial charge in [0.15, 0.2) is 5.78 Å². The summed E-state index contributed by atoms with van der Waals surface area (Å²) in [6, 6.07) is 21.2. The first-order chi connectivity index (χ1) is 13.5. The molecule has 3 aromatic rings. The smallest absolute Gasteiger partial charge is 0.244 e. The summed E-state index contributed by atoms with van der Waals surface area (Å²) in [6.45, 7) is 2.03. The number of carbonyl (C=O) groups is 1. The zero-order chi connectivity index (χ0) is 19.7. The first-order valence-corrected chi connectivity index (χ1v) is 11.1. The van der Waals surface area contributed by atoms with Gasteiger partial charge in [0, 0.05) is 6.42 Å². The number of carbonyl (C=O) groups excluding carboxylic acids is 1. The van der Waals surface area contributed by atoms with Crippen molar-refractivity contribution in [3.63, 3.8) is 0 Å². The molecule has 4 rings (SSSR count). The molecule has 0 aliphatic carbocycles. The minimum atomic E-state index is -3.72. The van der Waals surface area contributed by atoms with Gasteiger partial charge in [-0.15, -0.1) is 0 Å². The molecule has 1 aliphatic heterocycles. The van der Waals surface area contributed by atoms with Crippen LogP contribution in [0.4, 0.5) is 0 Å². The van der Waals surface area contributed by atoms with Crippen molar-refractivity contribution in [3.05, 3.63) is 78.4 Å². The Morgan fingerprint density at radius 1 is 0.929 bits per heavy atom. The zero-order valence-corrected chi connectivity index (χ0v) is 16.6. The SMILES string of the molecule is CCCCC(=O)[C@H]1[C@@H](c2ccc3ccccc3c2)N1S(=O)(=O)c1ccccc1. The fourth-order valence-corrected chi connectivity index (χ4v) is 5.52. The molecule has 0 saturated carbocycles. The minimum absolute atomic E-state index is 0.000449. The molecule has 5 heteroatoms. The van der Waals surface area contributed by atoms with Crippen molar-refractivity contribution < 1.29 is 13.2 Å². The number of fused-ring (bicyclic) bond motifs is 1. The van der Waals surface area contributed by atoms with Crippen molar-refractivity contribution >= 4 is 26.6 Å². The summed E-state index contributed by atoms with van der Waals surface area (Å²) in [5, 5.41) is 2.14. The van der Waals surface area contributed by atoms with Gasteiger partial charge in [-0.2, -0.15) is 4.31 Å². The van der Waals surface area contributed by atoms with Gasteiger partial charge in [-0.05, 0) is 41.0 Å². The lowest BCUT2D eigenvalue weighted by Crippen LogP contribution is -2.19. The third-order valence-electron chi connectivity index (χ3n) is 5.30. The third kappa shape index (κ3) is 3.36. The molecular formula is C23H23NO3S. The highest BCUT2D eigenvalue weighted by Crippen LogP contribution is 2.49. The lowest BCUT2D eigenvalue weighted by molar-refractivity contribution is -0.119. The first kappa shape index (κ1) is 18.8. The summed E-state index contributed by atoms with van der Waals surface area (Å²) in [7, 11) is -3.72. The number of rotatable bonds is 7. The number of hydrogen-bond acceptors (Lipinski definition) is 3. The van der Waals surface area contributed by atoms with Gasteiger partial charge < -0.3 is 0 Å². The Hall–Kier alpha value is -2.50. The van der Waals surface area contributed by atoms with Crippen LogP contribution in [0.2, 0.25) is 0 Å². The van der Waals surface area contributed by atoms with Crippen LogP contribution in [0.1, 0.15) is 37.8 Å². The van der Waals surface area contributed by atoms with Crippen molar-refractivity contribution in [3.8, 4) is 0 Å². The van der Waals surface area contributed by atoms with E-state index in [0.717, 1.165) is 29.2 Å². The Balaban J connectivity index is 1.73. The van der Waals surface area contributed by atoms with Crippen LogP contribution in [-0.4, -0.2) is 24.5 Å². The lowest BCUT2D eigenvalue weighted by atomic mass is 10.0. The fraction of sp³-hybridized carbons (Fsp3) is 0.261. The van der Waals surface area contributed by atoms with Gasteiger partial charge in [0.1, 0.15) is 6.04 Å². The fourth-order valence-electron chi connectivity index (χ4n) is 3.76. The predicted octanol–water partition coefficient (Wildman–Crippen LogP) is 4.71. The van der Waals surface area contributed by atoms with Gasteiger partial charge in [-0.3, -0.25) is 4.79 Å². The maximum absolute atomic E-state index is 13.2. The molecule has 0 N–H and O–H groups in total. The quantitative estimate of drug-likeness (QED) is 0.546. The van der Waals surface area contributed by atoms with Gasteiger partial charge in [0.05, 0.1) is 10.9 Å². The molecule has 0 aromatic heterocycles. The van der Waals surface area contributed by atoms with Crippen LogP contribution < -0.4 is 0 Å². The second kappa shape index (κ2) is 7.49. The predicted molar refractivity (Wildman–Crippen MR) is 110 cm³/mol. The second-order valence-corrected chi connectivity index (χ2v) is 9.06. The topological polar surface area (TPSA) is 54.2 Å². The number of ketones is 1. The number of unbranched alkanes of at least 4 members (excludes halogenated alkanes) is 1. The van der Waals surface area contributed by atoms with Crippen LogP contribution in [0.5, 0.6) is 0 Å². The first-order valence-electron chi connectivity index (χ1n) is 9.64. The van der Waals surface area contributed by atoms with E-state index in [1.165, 1.54) is 4.31 Å². The molecule has 0 radical (unpaired) electrons. The number of Topliss-reactive ketones (excluding diaryl/α,β-unsaturated/α-hetero) is 1. The Morgan fingerprint density at radius 2 is 1.61 bits per heavy atom. The molecule has 1 fully saturated rings. The molecule has 1 heterocycles. The van der Waals surface area contributed by atoms with Gasteiger partial charge >= 0.3 is 0 Å². The zero-order valence-electron chi connectivity index (χ0n) is 15.8. The number of benzene rings is 3. The Morgan fingerprint density at radius 3 is 2.32 bits per heavy atom. The van der Waals surface area contributed by atoms with Gasteiger partial charge in [-0.1, -0.05) is 67.9 Å². The summed E-state index contributed by atoms with van der Waals surface area (Å²) in [5.74, 6) is -0.000449. The van der Waals surface area contributed by atoms with Gasteiger partial charge in [0.25, 0.3) is 0 Å². The maximum Gasteiger partial charge on any atom is 0.244 e. The maximum atomic E-state index is 13.2. The molecule has 0 spiro atoms. The van der Waals surface area contributed by atoms with Gasteiger partial charge in [0.2, 0.25) is 10.0 Å². The summed E-state index contributed by atoms with van der Waals surface area (Å²) in [5.41, 5.74) is 0.869. The molecule has 3 atom stereocenters. The van der Waals surface area contributed by atoms with Gasteiger partial charge in [-0.25, -0.2) is 8.42 Å². The van der Waals surface area contributed by atoms with E-state index in [1.807, 2.05) is 49.4 Å². The molecule has 144 valence electrons. The highest BCUT2D eigenvalue weighted by molar-refractivity contribution is 7.89. The average molecular weight is 394 g/mol. The summed E-state index contributed by atoms with van der Waals surface area (Å²) < 4.78 is 27.8. The highest BCUT2D eigenvalue weighted by Gasteiger charge is 2.59. The average Bonchev–Trinajstić information content (AvgIpc) is 3.49. The third-order valence-corrected chi connectivity index (χ3v) is 7.18. The van der Waals surface area contributed by atoms with Crippen molar-refractivity contribution in [1.82, 2.24) is 4.31 Å². The normalized spacial score (nSPS) is 21.5. The molecule has 28 heavy (non-hydrogen) atoms. The van der Waals surface area contributed by atoms with E-state index in [0.29, 0.717) is 6.42 Å². The van der Waals surface area contributed by atoms with Crippen LogP contribution >= 0.6 is 0 Å². The van der Waals surface area contributed by atoms with Crippen LogP contribution in [0.15, 0.2) is 77.7 Å². The largest absolute Gasteiger partial charge is 0.298 e. The molecule has 0 bridgehead atoms. The van der Waals surface area contributed by atoms with E-state index in [2.05, 4.69) is 0 Å². The van der Waals surface area contributed by atoms with E-state index < -0.39 is 22.1 Å². The lowest BCUT2D eigenvalue weighted by Gasteiger charge is -2.07. The second-order valence-electron chi connectivity index (χ2n) is 7.21. The molecule has 4 nitrogen and oxygen atoms in total. The standard InChI is InChI=1S/C23H23NO3S/c1-2-3-13-21(25)23-22(19-15-14-17-9-7-8-10-18(17)16-19)24(23)28(26,27)20-11-5-4-6-12-20/h4-12,14-16,22-23H,2-3,13H2,1H3/t22-,23+,24?/m1/s1. The molecule has 1 unspecified atom stereocenters. The van der Waals surface area contributed by atoms with E-state index in [4.69, 9.17) is 0 Å². The Kier molecular flexibility index (Phi) is 5.04. The number of sulfonamides is 1.